The topological polar surface area (TPSA) is 105 Å². The minimum atomic E-state index is -4.41. The third-order valence-electron chi connectivity index (χ3n) is 6.23. The van der Waals surface area contributed by atoms with E-state index < -0.39 is 11.7 Å². The number of imidazole rings is 1. The van der Waals surface area contributed by atoms with Gasteiger partial charge in [-0.15, -0.1) is 0 Å². The largest absolute Gasteiger partial charge is 0.493 e. The Morgan fingerprint density at radius 3 is 2.10 bits per heavy atom. The average Bonchev–Trinajstić information content (AvgIpc) is 3.39. The van der Waals surface area contributed by atoms with Crippen LogP contribution in [0.15, 0.2) is 61.1 Å². The van der Waals surface area contributed by atoms with Crippen LogP contribution < -0.4 is 24.3 Å². The van der Waals surface area contributed by atoms with E-state index in [4.69, 9.17) is 28.9 Å². The molecule has 0 spiro atoms. The molecule has 13 heteroatoms. The first-order chi connectivity index (χ1) is 19.7. The second-order valence-electron chi connectivity index (χ2n) is 8.76. The quantitative estimate of drug-likeness (QED) is 0.239. The summed E-state index contributed by atoms with van der Waals surface area (Å²) in [6, 6.07) is 11.9. The maximum Gasteiger partial charge on any atom is 0.416 e. The van der Waals surface area contributed by atoms with Crippen molar-refractivity contribution in [3.63, 3.8) is 0 Å². The number of nitrogens with zero attached hydrogens (tertiary/aromatic N) is 5. The lowest BCUT2D eigenvalue weighted by molar-refractivity contribution is -0.137. The van der Waals surface area contributed by atoms with Gasteiger partial charge in [-0.3, -0.25) is 0 Å². The van der Waals surface area contributed by atoms with Crippen LogP contribution in [0.25, 0.3) is 22.6 Å². The third kappa shape index (κ3) is 5.64. The van der Waals surface area contributed by atoms with E-state index in [-0.39, 0.29) is 6.54 Å². The van der Waals surface area contributed by atoms with E-state index >= 15 is 0 Å². The Morgan fingerprint density at radius 2 is 1.54 bits per heavy atom. The number of alkyl halides is 3. The molecule has 1 N–H and O–H groups in total. The monoisotopic (exact) mass is 566 g/mol. The van der Waals surface area contributed by atoms with Crippen LogP contribution >= 0.6 is 0 Å². The standard InChI is InChI=1S/C28H25F3N6O4/c1-38-20-11-19(12-21(39-2)24(20)41-4)34-26-23-27(36-25(35-26)17-7-10-22(40-3)32-13-17)37(15-33-23)14-16-5-8-18(9-6-16)28(29,30)31/h5-13,15H,14H2,1-4H3,(H,34,35,36). The first-order valence-corrected chi connectivity index (χ1v) is 12.2. The van der Waals surface area contributed by atoms with Crippen LogP contribution in [0.1, 0.15) is 11.1 Å². The Kier molecular flexibility index (Phi) is 7.51. The highest BCUT2D eigenvalue weighted by atomic mass is 19.4. The molecule has 5 aromatic rings. The maximum atomic E-state index is 13.0. The first-order valence-electron chi connectivity index (χ1n) is 12.2. The molecule has 0 fully saturated rings. The molecule has 0 saturated heterocycles. The smallest absolute Gasteiger partial charge is 0.416 e. The molecule has 0 atom stereocenters. The third-order valence-corrected chi connectivity index (χ3v) is 6.23. The molecule has 3 aromatic heterocycles. The van der Waals surface area contributed by atoms with Gasteiger partial charge in [0.05, 0.1) is 46.9 Å². The van der Waals surface area contributed by atoms with Crippen molar-refractivity contribution in [2.24, 2.45) is 0 Å². The van der Waals surface area contributed by atoms with E-state index in [0.29, 0.717) is 62.7 Å². The van der Waals surface area contributed by atoms with Gasteiger partial charge in [0.15, 0.2) is 34.3 Å². The highest BCUT2D eigenvalue weighted by molar-refractivity contribution is 5.87. The number of rotatable bonds is 9. The molecule has 41 heavy (non-hydrogen) atoms. The zero-order valence-corrected chi connectivity index (χ0v) is 22.5. The summed E-state index contributed by atoms with van der Waals surface area (Å²) in [5.74, 6) is 2.45. The number of benzene rings is 2. The normalized spacial score (nSPS) is 11.4. The average molecular weight is 567 g/mol. The summed E-state index contributed by atoms with van der Waals surface area (Å²) in [6.45, 7) is 0.232. The molecule has 2 aromatic carbocycles. The summed E-state index contributed by atoms with van der Waals surface area (Å²) >= 11 is 0. The summed E-state index contributed by atoms with van der Waals surface area (Å²) in [6.07, 6.45) is -1.27. The number of aromatic nitrogens is 5. The van der Waals surface area contributed by atoms with Gasteiger partial charge in [-0.05, 0) is 23.8 Å². The van der Waals surface area contributed by atoms with Gasteiger partial charge in [0, 0.05) is 35.6 Å². The van der Waals surface area contributed by atoms with E-state index in [1.807, 2.05) is 0 Å². The van der Waals surface area contributed by atoms with Crippen molar-refractivity contribution < 1.29 is 32.1 Å². The van der Waals surface area contributed by atoms with Crippen molar-refractivity contribution in [1.29, 1.82) is 0 Å². The molecule has 212 valence electrons. The van der Waals surface area contributed by atoms with Crippen LogP contribution in [-0.2, 0) is 12.7 Å². The lowest BCUT2D eigenvalue weighted by Crippen LogP contribution is -2.06. The lowest BCUT2D eigenvalue weighted by atomic mass is 10.1. The summed E-state index contributed by atoms with van der Waals surface area (Å²) in [4.78, 5) is 18.2. The van der Waals surface area contributed by atoms with Gasteiger partial charge in [0.1, 0.15) is 0 Å². The van der Waals surface area contributed by atoms with Gasteiger partial charge < -0.3 is 28.8 Å². The number of hydrogen-bond donors (Lipinski definition) is 1. The van der Waals surface area contributed by atoms with Gasteiger partial charge in [0.2, 0.25) is 11.6 Å². The number of methoxy groups -OCH3 is 4. The Hall–Kier alpha value is -5.07. The van der Waals surface area contributed by atoms with Crippen LogP contribution in [0.3, 0.4) is 0 Å². The molecule has 5 rings (SSSR count). The number of ether oxygens (including phenoxy) is 4. The molecular formula is C28H25F3N6O4. The zero-order chi connectivity index (χ0) is 29.1. The molecule has 0 aliphatic heterocycles. The molecular weight excluding hydrogens is 541 g/mol. The Labute approximate surface area is 232 Å². The Morgan fingerprint density at radius 1 is 0.829 bits per heavy atom. The number of hydrogen-bond acceptors (Lipinski definition) is 9. The molecule has 0 aliphatic carbocycles. The molecule has 0 unspecified atom stereocenters. The molecule has 3 heterocycles. The van der Waals surface area contributed by atoms with Crippen LogP contribution in [0.5, 0.6) is 23.1 Å². The van der Waals surface area contributed by atoms with E-state index in [1.54, 1.807) is 41.4 Å². The highest BCUT2D eigenvalue weighted by Gasteiger charge is 2.30. The Bertz CT molecular complexity index is 1650. The molecule has 0 bridgehead atoms. The van der Waals surface area contributed by atoms with Gasteiger partial charge in [-0.1, -0.05) is 12.1 Å². The maximum absolute atomic E-state index is 13.0. The summed E-state index contributed by atoms with van der Waals surface area (Å²) in [5.41, 5.74) is 2.02. The van der Waals surface area contributed by atoms with E-state index in [0.717, 1.165) is 12.1 Å². The number of nitrogens with one attached hydrogen (secondary N) is 1. The van der Waals surface area contributed by atoms with Crippen molar-refractivity contribution in [3.8, 4) is 34.5 Å². The fourth-order valence-electron chi connectivity index (χ4n) is 4.20. The minimum Gasteiger partial charge on any atom is -0.493 e. The number of fused-ring (bicyclic) bond motifs is 1. The lowest BCUT2D eigenvalue weighted by Gasteiger charge is -2.15. The summed E-state index contributed by atoms with van der Waals surface area (Å²) < 4.78 is 62.4. The second kappa shape index (κ2) is 11.2. The number of pyridine rings is 1. The van der Waals surface area contributed by atoms with E-state index in [1.165, 1.54) is 40.6 Å². The van der Waals surface area contributed by atoms with Gasteiger partial charge in [-0.2, -0.15) is 13.2 Å². The SMILES string of the molecule is COc1ccc(-c2nc(Nc3cc(OC)c(OC)c(OC)c3)c3ncn(Cc4ccc(C(F)(F)F)cc4)c3n2)cn1. The van der Waals surface area contributed by atoms with Gasteiger partial charge in [-0.25, -0.2) is 19.9 Å². The molecule has 10 nitrogen and oxygen atoms in total. The predicted octanol–water partition coefficient (Wildman–Crippen LogP) is 5.73. The highest BCUT2D eigenvalue weighted by Crippen LogP contribution is 2.41. The molecule has 0 saturated carbocycles. The fourth-order valence-corrected chi connectivity index (χ4v) is 4.20. The first kappa shape index (κ1) is 27.5. The van der Waals surface area contributed by atoms with E-state index in [9.17, 15) is 13.2 Å². The molecule has 0 aliphatic rings. The van der Waals surface area contributed by atoms with Crippen molar-refractivity contribution in [1.82, 2.24) is 24.5 Å². The van der Waals surface area contributed by atoms with Crippen LogP contribution in [0.4, 0.5) is 24.7 Å². The van der Waals surface area contributed by atoms with Crippen molar-refractivity contribution >= 4 is 22.7 Å². The predicted molar refractivity (Wildman–Crippen MR) is 145 cm³/mol. The number of anilines is 2. The summed E-state index contributed by atoms with van der Waals surface area (Å²) in [5, 5.41) is 3.27. The molecule has 0 radical (unpaired) electrons. The Balaban J connectivity index is 1.60. The minimum absolute atomic E-state index is 0.232. The zero-order valence-electron chi connectivity index (χ0n) is 22.5. The van der Waals surface area contributed by atoms with Crippen LogP contribution in [-0.4, -0.2) is 52.9 Å². The van der Waals surface area contributed by atoms with Crippen molar-refractivity contribution in [2.75, 3.05) is 33.8 Å². The molecule has 0 amide bonds. The fraction of sp³-hybridized carbons (Fsp3) is 0.214. The van der Waals surface area contributed by atoms with Gasteiger partial charge >= 0.3 is 6.18 Å². The second-order valence-corrected chi connectivity index (χ2v) is 8.76. The van der Waals surface area contributed by atoms with Crippen molar-refractivity contribution in [3.05, 3.63) is 72.2 Å². The number of halogens is 3. The van der Waals surface area contributed by atoms with Gasteiger partial charge in [0.25, 0.3) is 0 Å². The summed E-state index contributed by atoms with van der Waals surface area (Å²) in [7, 11) is 6.06. The van der Waals surface area contributed by atoms with Crippen molar-refractivity contribution in [2.45, 2.75) is 12.7 Å². The van der Waals surface area contributed by atoms with Crippen LogP contribution in [0.2, 0.25) is 0 Å². The van der Waals surface area contributed by atoms with E-state index in [2.05, 4.69) is 15.3 Å². The van der Waals surface area contributed by atoms with Crippen LogP contribution in [0, 0.1) is 0 Å².